The molecule has 148 valence electrons. The number of rotatable bonds is 17. The van der Waals surface area contributed by atoms with Gasteiger partial charge < -0.3 is 4.74 Å². The van der Waals surface area contributed by atoms with Crippen LogP contribution >= 0.6 is 0 Å². The van der Waals surface area contributed by atoms with Gasteiger partial charge in [0.15, 0.2) is 0 Å². The van der Waals surface area contributed by atoms with Crippen LogP contribution in [0.25, 0.3) is 0 Å². The van der Waals surface area contributed by atoms with Crippen LogP contribution in [0.5, 0.6) is 5.75 Å². The van der Waals surface area contributed by atoms with E-state index in [1.807, 2.05) is 0 Å². The predicted molar refractivity (Wildman–Crippen MR) is 108 cm³/mol. The molecule has 0 spiro atoms. The van der Waals surface area contributed by atoms with E-state index in [0.717, 1.165) is 6.42 Å². The Hall–Kier alpha value is -1.38. The molecular weight excluding hydrogens is 327 g/mol. The average Bonchev–Trinajstić information content (AvgIpc) is 2.65. The van der Waals surface area contributed by atoms with Crippen LogP contribution < -0.4 is 4.74 Å². The fourth-order valence-corrected chi connectivity index (χ4v) is 3.17. The smallest absolute Gasteiger partial charge is 0.332 e. The van der Waals surface area contributed by atoms with Crippen molar-refractivity contribution in [3.8, 4) is 5.75 Å². The zero-order valence-electron chi connectivity index (χ0n) is 16.6. The van der Waals surface area contributed by atoms with Crippen LogP contribution in [-0.2, 0) is 0 Å². The molecule has 0 radical (unpaired) electrons. The summed E-state index contributed by atoms with van der Waals surface area (Å²) >= 11 is 0. The molecule has 0 amide bonds. The molecule has 0 heterocycles. The van der Waals surface area contributed by atoms with Gasteiger partial charge >= 0.3 is 6.04 Å². The van der Waals surface area contributed by atoms with E-state index < -0.39 is 6.04 Å². The zero-order valence-corrected chi connectivity index (χ0v) is 16.6. The van der Waals surface area contributed by atoms with E-state index in [1.54, 1.807) is 12.1 Å². The van der Waals surface area contributed by atoms with Gasteiger partial charge in [-0.3, -0.25) is 4.79 Å². The van der Waals surface area contributed by atoms with Crippen molar-refractivity contribution in [2.24, 2.45) is 0 Å². The lowest BCUT2D eigenvalue weighted by molar-refractivity contribution is 0.0836. The third-order valence-electron chi connectivity index (χ3n) is 4.85. The van der Waals surface area contributed by atoms with Gasteiger partial charge in [0.1, 0.15) is 5.75 Å². The van der Waals surface area contributed by atoms with E-state index in [9.17, 15) is 9.18 Å². The number of hydrogen-bond acceptors (Lipinski definition) is 2. The summed E-state index contributed by atoms with van der Waals surface area (Å²) in [7, 11) is 0. The summed E-state index contributed by atoms with van der Waals surface area (Å²) in [5.41, 5.74) is 0.0776. The zero-order chi connectivity index (χ0) is 18.9. The Morgan fingerprint density at radius 3 is 1.58 bits per heavy atom. The summed E-state index contributed by atoms with van der Waals surface area (Å²) in [6.45, 7) is 2.95. The SMILES string of the molecule is CCCCCCCCCCCCCCCCOc1ccc(C(=O)F)cc1. The van der Waals surface area contributed by atoms with Gasteiger partial charge in [0.2, 0.25) is 0 Å². The minimum Gasteiger partial charge on any atom is -0.494 e. The molecule has 0 bridgehead atoms. The summed E-state index contributed by atoms with van der Waals surface area (Å²) in [6.07, 6.45) is 18.8. The lowest BCUT2D eigenvalue weighted by Gasteiger charge is -2.06. The lowest BCUT2D eigenvalue weighted by Crippen LogP contribution is -1.98. The predicted octanol–water partition coefficient (Wildman–Crippen LogP) is 7.66. The molecule has 26 heavy (non-hydrogen) atoms. The lowest BCUT2D eigenvalue weighted by atomic mass is 10.0. The Balaban J connectivity index is 1.83. The summed E-state index contributed by atoms with van der Waals surface area (Å²) < 4.78 is 18.1. The minimum atomic E-state index is -1.40. The maximum Gasteiger partial charge on any atom is 0.332 e. The Bertz CT molecular complexity index is 456. The van der Waals surface area contributed by atoms with Crippen LogP contribution in [-0.4, -0.2) is 12.6 Å². The molecule has 1 aromatic rings. The van der Waals surface area contributed by atoms with E-state index in [2.05, 4.69) is 6.92 Å². The van der Waals surface area contributed by atoms with Crippen molar-refractivity contribution < 1.29 is 13.9 Å². The Kier molecular flexibility index (Phi) is 13.8. The van der Waals surface area contributed by atoms with Crippen molar-refractivity contribution >= 4 is 6.04 Å². The first-order valence-corrected chi connectivity index (χ1v) is 10.7. The molecule has 0 aliphatic rings. The Morgan fingerprint density at radius 1 is 0.731 bits per heavy atom. The first kappa shape index (κ1) is 22.7. The second kappa shape index (κ2) is 15.8. The highest BCUT2D eigenvalue weighted by molar-refractivity contribution is 5.88. The van der Waals surface area contributed by atoms with Gasteiger partial charge in [-0.25, -0.2) is 0 Å². The molecule has 0 aliphatic heterocycles. The monoisotopic (exact) mass is 364 g/mol. The van der Waals surface area contributed by atoms with Crippen LogP contribution in [0.1, 0.15) is 107 Å². The highest BCUT2D eigenvalue weighted by atomic mass is 19.1. The summed E-state index contributed by atoms with van der Waals surface area (Å²) in [6, 6.07) is 4.82. The van der Waals surface area contributed by atoms with Crippen molar-refractivity contribution in [1.29, 1.82) is 0 Å². The maximum atomic E-state index is 12.5. The fraction of sp³-hybridized carbons (Fsp3) is 0.696. The van der Waals surface area contributed by atoms with Crippen LogP contribution in [0.3, 0.4) is 0 Å². The molecule has 0 atom stereocenters. The van der Waals surface area contributed by atoms with Crippen molar-refractivity contribution in [2.45, 2.75) is 96.8 Å². The maximum absolute atomic E-state index is 12.5. The quantitative estimate of drug-likeness (QED) is 0.209. The van der Waals surface area contributed by atoms with E-state index in [-0.39, 0.29) is 5.56 Å². The molecule has 0 N–H and O–H groups in total. The second-order valence-electron chi connectivity index (χ2n) is 7.24. The highest BCUT2D eigenvalue weighted by Crippen LogP contribution is 2.15. The Labute approximate surface area is 159 Å². The molecule has 0 fully saturated rings. The first-order chi connectivity index (χ1) is 12.7. The number of unbranched alkanes of at least 4 members (excludes halogenated alkanes) is 13. The van der Waals surface area contributed by atoms with E-state index in [1.165, 1.54) is 95.6 Å². The fourth-order valence-electron chi connectivity index (χ4n) is 3.17. The van der Waals surface area contributed by atoms with Crippen molar-refractivity contribution in [1.82, 2.24) is 0 Å². The summed E-state index contributed by atoms with van der Waals surface area (Å²) in [5, 5.41) is 0. The van der Waals surface area contributed by atoms with Crippen LogP contribution in [0.4, 0.5) is 4.39 Å². The average molecular weight is 365 g/mol. The molecule has 1 rings (SSSR count). The molecule has 0 unspecified atom stereocenters. The van der Waals surface area contributed by atoms with Crippen molar-refractivity contribution in [2.75, 3.05) is 6.61 Å². The van der Waals surface area contributed by atoms with Gasteiger partial charge in [-0.05, 0) is 30.7 Å². The van der Waals surface area contributed by atoms with Gasteiger partial charge in [-0.1, -0.05) is 90.4 Å². The highest BCUT2D eigenvalue weighted by Gasteiger charge is 2.02. The molecule has 0 aromatic heterocycles. The van der Waals surface area contributed by atoms with Crippen molar-refractivity contribution in [3.63, 3.8) is 0 Å². The minimum absolute atomic E-state index is 0.0776. The van der Waals surface area contributed by atoms with E-state index in [4.69, 9.17) is 4.74 Å². The number of carbonyl (C=O) groups is 1. The summed E-state index contributed by atoms with van der Waals surface area (Å²) in [4.78, 5) is 10.6. The Morgan fingerprint density at radius 2 is 1.15 bits per heavy atom. The molecule has 1 aromatic carbocycles. The third-order valence-corrected chi connectivity index (χ3v) is 4.85. The van der Waals surface area contributed by atoms with Crippen LogP contribution in [0, 0.1) is 0 Å². The molecule has 0 saturated carbocycles. The molecule has 0 aliphatic carbocycles. The van der Waals surface area contributed by atoms with Gasteiger partial charge in [0.25, 0.3) is 0 Å². The summed E-state index contributed by atoms with van der Waals surface area (Å²) in [5.74, 6) is 0.699. The van der Waals surface area contributed by atoms with Gasteiger partial charge in [0, 0.05) is 0 Å². The number of ether oxygens (including phenoxy) is 1. The van der Waals surface area contributed by atoms with Crippen molar-refractivity contribution in [3.05, 3.63) is 29.8 Å². The number of halogens is 1. The molecule has 3 heteroatoms. The van der Waals surface area contributed by atoms with Gasteiger partial charge in [-0.15, -0.1) is 0 Å². The topological polar surface area (TPSA) is 26.3 Å². The van der Waals surface area contributed by atoms with E-state index in [0.29, 0.717) is 12.4 Å². The molecule has 0 saturated heterocycles. The number of hydrogen-bond donors (Lipinski definition) is 0. The molecule has 2 nitrogen and oxygen atoms in total. The largest absolute Gasteiger partial charge is 0.494 e. The second-order valence-corrected chi connectivity index (χ2v) is 7.24. The van der Waals surface area contributed by atoms with Crippen LogP contribution in [0.15, 0.2) is 24.3 Å². The van der Waals surface area contributed by atoms with Gasteiger partial charge in [-0.2, -0.15) is 4.39 Å². The third kappa shape index (κ3) is 12.1. The van der Waals surface area contributed by atoms with Crippen LogP contribution in [0.2, 0.25) is 0 Å². The number of carbonyl (C=O) groups excluding carboxylic acids is 1. The number of benzene rings is 1. The standard InChI is InChI=1S/C23H37FO2/c1-2-3-4-5-6-7-8-9-10-11-12-13-14-15-20-26-22-18-16-21(17-19-22)23(24)25/h16-19H,2-15,20H2,1H3. The van der Waals surface area contributed by atoms with Gasteiger partial charge in [0.05, 0.1) is 12.2 Å². The first-order valence-electron chi connectivity index (χ1n) is 10.7. The molecular formula is C23H37FO2. The van der Waals surface area contributed by atoms with E-state index >= 15 is 0 Å². The normalized spacial score (nSPS) is 10.8.